The Kier molecular flexibility index (Phi) is 5.75. The number of nitrogens with zero attached hydrogens (tertiary/aromatic N) is 2. The summed E-state index contributed by atoms with van der Waals surface area (Å²) in [6.45, 7) is 0. The van der Waals surface area contributed by atoms with E-state index in [0.717, 1.165) is 17.3 Å². The van der Waals surface area contributed by atoms with E-state index in [-0.39, 0.29) is 23.2 Å². The van der Waals surface area contributed by atoms with Crippen LogP contribution in [0.4, 0.5) is 14.5 Å². The van der Waals surface area contributed by atoms with Gasteiger partial charge in [0.25, 0.3) is 0 Å². The second-order valence-corrected chi connectivity index (χ2v) is 6.15. The van der Waals surface area contributed by atoms with E-state index in [4.69, 9.17) is 0 Å². The summed E-state index contributed by atoms with van der Waals surface area (Å²) in [7, 11) is 0. The maximum absolute atomic E-state index is 13.5. The minimum atomic E-state index is -0.489. The van der Waals surface area contributed by atoms with E-state index >= 15 is 0 Å². The number of carbonyl (C=O) groups excluding carboxylic acids is 1. The molecule has 0 unspecified atom stereocenters. The predicted octanol–water partition coefficient (Wildman–Crippen LogP) is 3.98. The number of hydrogen-bond donors (Lipinski definition) is 2. The van der Waals surface area contributed by atoms with Gasteiger partial charge in [0.05, 0.1) is 11.4 Å². The quantitative estimate of drug-likeness (QED) is 0.642. The molecule has 132 valence electrons. The molecule has 0 saturated carbocycles. The number of halogens is 2. The molecule has 0 saturated heterocycles. The van der Waals surface area contributed by atoms with Crippen molar-refractivity contribution in [1.29, 1.82) is 0 Å². The Morgan fingerprint density at radius 2 is 1.88 bits per heavy atom. The fourth-order valence-electron chi connectivity index (χ4n) is 2.03. The van der Waals surface area contributed by atoms with Gasteiger partial charge in [-0.1, -0.05) is 42.1 Å². The monoisotopic (exact) mass is 372 g/mol. The molecule has 1 heterocycles. The minimum Gasteiger partial charge on any atom is -0.323 e. The van der Waals surface area contributed by atoms with Crippen molar-refractivity contribution >= 4 is 35.5 Å². The molecule has 0 aliphatic heterocycles. The van der Waals surface area contributed by atoms with Crippen molar-refractivity contribution in [2.75, 3.05) is 11.1 Å². The zero-order chi connectivity index (χ0) is 18.4. The van der Waals surface area contributed by atoms with E-state index in [9.17, 15) is 13.6 Å². The third-order valence-corrected chi connectivity index (χ3v) is 4.11. The maximum atomic E-state index is 13.5. The summed E-state index contributed by atoms with van der Waals surface area (Å²) < 4.78 is 26.3. The van der Waals surface area contributed by atoms with Crippen molar-refractivity contribution in [2.24, 2.45) is 0 Å². The lowest BCUT2D eigenvalue weighted by Gasteiger charge is -2.04. The van der Waals surface area contributed by atoms with Crippen LogP contribution >= 0.6 is 11.8 Å². The number of para-hydroxylation sites is 1. The molecule has 3 rings (SSSR count). The molecular formula is C18H14F2N4OS. The molecule has 0 fully saturated rings. The first-order chi connectivity index (χ1) is 12.6. The largest absolute Gasteiger partial charge is 0.323 e. The highest BCUT2D eigenvalue weighted by Gasteiger charge is 2.09. The van der Waals surface area contributed by atoms with Crippen molar-refractivity contribution in [3.05, 3.63) is 71.6 Å². The number of nitrogens with one attached hydrogen (secondary N) is 2. The van der Waals surface area contributed by atoms with Crippen LogP contribution in [0.15, 0.2) is 53.7 Å². The van der Waals surface area contributed by atoms with E-state index in [1.807, 2.05) is 0 Å². The Morgan fingerprint density at radius 3 is 2.65 bits per heavy atom. The number of H-pyrrole nitrogens is 1. The average molecular weight is 372 g/mol. The molecule has 2 N–H and O–H groups in total. The number of aromatic nitrogens is 3. The number of aromatic amines is 1. The van der Waals surface area contributed by atoms with Gasteiger partial charge in [-0.15, -0.1) is 5.10 Å². The van der Waals surface area contributed by atoms with Gasteiger partial charge < -0.3 is 5.32 Å². The van der Waals surface area contributed by atoms with Gasteiger partial charge in [-0.05, 0) is 35.9 Å². The van der Waals surface area contributed by atoms with Crippen LogP contribution in [-0.2, 0) is 4.79 Å². The number of benzene rings is 2. The maximum Gasteiger partial charge on any atom is 0.234 e. The Hall–Kier alpha value is -3.00. The second-order valence-electron chi connectivity index (χ2n) is 5.20. The highest BCUT2D eigenvalue weighted by Crippen LogP contribution is 2.16. The summed E-state index contributed by atoms with van der Waals surface area (Å²) in [6, 6.07) is 12.0. The molecule has 0 spiro atoms. The van der Waals surface area contributed by atoms with Crippen molar-refractivity contribution in [1.82, 2.24) is 15.2 Å². The molecule has 0 aliphatic carbocycles. The van der Waals surface area contributed by atoms with Crippen molar-refractivity contribution in [2.45, 2.75) is 5.16 Å². The Labute approximate surface area is 152 Å². The summed E-state index contributed by atoms with van der Waals surface area (Å²) in [5.74, 6) is -0.585. The molecule has 0 aliphatic rings. The minimum absolute atomic E-state index is 0.0489. The van der Waals surface area contributed by atoms with Crippen LogP contribution in [0.5, 0.6) is 0 Å². The average Bonchev–Trinajstić information content (AvgIpc) is 3.09. The number of rotatable bonds is 6. The summed E-state index contributed by atoms with van der Waals surface area (Å²) in [5.41, 5.74) is 0.956. The molecular weight excluding hydrogens is 358 g/mol. The fraction of sp³-hybridized carbons (Fsp3) is 0.0556. The van der Waals surface area contributed by atoms with Crippen LogP contribution in [0.3, 0.4) is 0 Å². The van der Waals surface area contributed by atoms with Crippen LogP contribution in [0.1, 0.15) is 11.4 Å². The number of hydrogen-bond acceptors (Lipinski definition) is 4. The van der Waals surface area contributed by atoms with Crippen LogP contribution in [0.25, 0.3) is 12.2 Å². The van der Waals surface area contributed by atoms with Crippen LogP contribution < -0.4 is 5.32 Å². The molecule has 1 aromatic heterocycles. The van der Waals surface area contributed by atoms with Crippen LogP contribution in [0.2, 0.25) is 0 Å². The van der Waals surface area contributed by atoms with Gasteiger partial charge in [0, 0.05) is 0 Å². The summed E-state index contributed by atoms with van der Waals surface area (Å²) in [4.78, 5) is 16.1. The Balaban J connectivity index is 1.52. The topological polar surface area (TPSA) is 70.7 Å². The molecule has 2 aromatic carbocycles. The van der Waals surface area contributed by atoms with Gasteiger partial charge in [-0.25, -0.2) is 13.8 Å². The molecule has 1 amide bonds. The summed E-state index contributed by atoms with van der Waals surface area (Å²) in [6.07, 6.45) is 3.46. The Morgan fingerprint density at radius 1 is 1.12 bits per heavy atom. The first kappa shape index (κ1) is 17.8. The third-order valence-electron chi connectivity index (χ3n) is 3.27. The SMILES string of the molecule is O=C(CSc1n[nH]c(/C=C/c2ccc(F)cc2)n1)Nc1ccccc1F. The molecule has 8 heteroatoms. The lowest BCUT2D eigenvalue weighted by molar-refractivity contribution is -0.113. The van der Waals surface area contributed by atoms with Crippen LogP contribution in [-0.4, -0.2) is 26.8 Å². The first-order valence-electron chi connectivity index (χ1n) is 7.63. The van der Waals surface area contributed by atoms with Crippen molar-refractivity contribution in [3.63, 3.8) is 0 Å². The van der Waals surface area contributed by atoms with Gasteiger partial charge in [-0.2, -0.15) is 0 Å². The zero-order valence-corrected chi connectivity index (χ0v) is 14.3. The molecule has 0 bridgehead atoms. The summed E-state index contributed by atoms with van der Waals surface area (Å²) >= 11 is 1.13. The number of carbonyl (C=O) groups is 1. The smallest absolute Gasteiger partial charge is 0.234 e. The lowest BCUT2D eigenvalue weighted by Crippen LogP contribution is -2.15. The highest BCUT2D eigenvalue weighted by atomic mass is 32.2. The molecule has 0 atom stereocenters. The van der Waals surface area contributed by atoms with Gasteiger partial charge in [0.15, 0.2) is 0 Å². The third kappa shape index (κ3) is 5.00. The predicted molar refractivity (Wildman–Crippen MR) is 97.5 cm³/mol. The van der Waals surface area contributed by atoms with Gasteiger partial charge in [0.1, 0.15) is 17.5 Å². The number of thioether (sulfide) groups is 1. The van der Waals surface area contributed by atoms with Crippen molar-refractivity contribution < 1.29 is 13.6 Å². The standard InChI is InChI=1S/C18H14F2N4OS/c19-13-8-5-12(6-9-13)7-10-16-22-18(24-23-16)26-11-17(25)21-15-4-2-1-3-14(15)20/h1-10H,11H2,(H,21,25)(H,22,23,24)/b10-7+. The molecule has 3 aromatic rings. The molecule has 0 radical (unpaired) electrons. The zero-order valence-electron chi connectivity index (χ0n) is 13.4. The first-order valence-corrected chi connectivity index (χ1v) is 8.62. The Bertz CT molecular complexity index is 925. The fourth-order valence-corrected chi connectivity index (χ4v) is 2.63. The van der Waals surface area contributed by atoms with E-state index < -0.39 is 5.82 Å². The van der Waals surface area contributed by atoms with Gasteiger partial charge in [0.2, 0.25) is 11.1 Å². The summed E-state index contributed by atoms with van der Waals surface area (Å²) in [5, 5.41) is 9.63. The van der Waals surface area contributed by atoms with Crippen molar-refractivity contribution in [3.8, 4) is 0 Å². The van der Waals surface area contributed by atoms with E-state index in [0.29, 0.717) is 11.0 Å². The van der Waals surface area contributed by atoms with E-state index in [1.165, 1.54) is 24.3 Å². The number of anilines is 1. The lowest BCUT2D eigenvalue weighted by atomic mass is 10.2. The highest BCUT2D eigenvalue weighted by molar-refractivity contribution is 7.99. The second kappa shape index (κ2) is 8.39. The van der Waals surface area contributed by atoms with Gasteiger partial charge >= 0.3 is 0 Å². The molecule has 5 nitrogen and oxygen atoms in total. The van der Waals surface area contributed by atoms with E-state index in [2.05, 4.69) is 20.5 Å². The van der Waals surface area contributed by atoms with Crippen LogP contribution in [0, 0.1) is 11.6 Å². The van der Waals surface area contributed by atoms with Gasteiger partial charge in [-0.3, -0.25) is 9.89 Å². The number of amides is 1. The molecule has 26 heavy (non-hydrogen) atoms. The van der Waals surface area contributed by atoms with E-state index in [1.54, 1.807) is 36.4 Å². The normalized spacial score (nSPS) is 11.0.